The quantitative estimate of drug-likeness (QED) is 0.160. The van der Waals surface area contributed by atoms with Crippen LogP contribution in [0.15, 0.2) is 185 Å². The molecule has 0 atom stereocenters. The summed E-state index contributed by atoms with van der Waals surface area (Å²) in [5, 5.41) is 3.68. The highest BCUT2D eigenvalue weighted by molar-refractivity contribution is 6.08. The summed E-state index contributed by atoms with van der Waals surface area (Å²) in [7, 11) is 0. The minimum Gasteiger partial charge on any atom is -0.456 e. The Bertz CT molecular complexity index is 2890. The molecule has 318 valence electrons. The summed E-state index contributed by atoms with van der Waals surface area (Å²) in [6.07, 6.45) is 23.2. The molecule has 0 saturated carbocycles. The number of anilines is 2. The van der Waals surface area contributed by atoms with Crippen LogP contribution >= 0.6 is 0 Å². The van der Waals surface area contributed by atoms with Gasteiger partial charge in [0, 0.05) is 51.0 Å². The van der Waals surface area contributed by atoms with E-state index >= 15 is 0 Å². The molecule has 3 heteroatoms. The summed E-state index contributed by atoms with van der Waals surface area (Å²) in [6.45, 7) is 10.9. The van der Waals surface area contributed by atoms with Crippen molar-refractivity contribution in [1.29, 1.82) is 0 Å². The van der Waals surface area contributed by atoms with Gasteiger partial charge in [0.05, 0.1) is 5.52 Å². The number of aromatic nitrogens is 1. The SMILES string of the molecule is C1=CCCC=C1.CC.CC.Cc1ccc2c(c1)c1c(n2-c2ccc3oc4cccc(CN(c5ccccc5)c5ccc(-c6ccccc6)cc5)c4c3c2)CCC(C2=CCCCC2)=C1. The van der Waals surface area contributed by atoms with Crippen LogP contribution in [0.5, 0.6) is 0 Å². The normalized spacial score (nSPS) is 14.0. The molecule has 0 bridgehead atoms. The smallest absolute Gasteiger partial charge is 0.135 e. The van der Waals surface area contributed by atoms with Gasteiger partial charge >= 0.3 is 0 Å². The highest BCUT2D eigenvalue weighted by Crippen LogP contribution is 2.42. The molecule has 0 aliphatic heterocycles. The Kier molecular flexibility index (Phi) is 14.0. The van der Waals surface area contributed by atoms with Gasteiger partial charge in [0.25, 0.3) is 0 Å². The zero-order chi connectivity index (χ0) is 43.5. The van der Waals surface area contributed by atoms with E-state index in [9.17, 15) is 0 Å². The van der Waals surface area contributed by atoms with E-state index in [2.05, 4.69) is 192 Å². The van der Waals surface area contributed by atoms with Crippen LogP contribution in [0.3, 0.4) is 0 Å². The first-order valence-electron chi connectivity index (χ1n) is 23.5. The van der Waals surface area contributed by atoms with Gasteiger partial charge in [-0.1, -0.05) is 143 Å². The average molecular weight is 827 g/mol. The van der Waals surface area contributed by atoms with Gasteiger partial charge in [-0.05, 0) is 153 Å². The summed E-state index contributed by atoms with van der Waals surface area (Å²) < 4.78 is 9.10. The molecule has 0 unspecified atom stereocenters. The van der Waals surface area contributed by atoms with Crippen LogP contribution < -0.4 is 4.90 Å². The second-order valence-electron chi connectivity index (χ2n) is 16.2. The number of furan rings is 1. The Morgan fingerprint density at radius 2 is 1.29 bits per heavy atom. The maximum Gasteiger partial charge on any atom is 0.135 e. The first kappa shape index (κ1) is 43.1. The maximum absolute atomic E-state index is 6.58. The lowest BCUT2D eigenvalue weighted by Crippen LogP contribution is -2.16. The molecular weight excluding hydrogens is 765 g/mol. The molecule has 3 aliphatic carbocycles. The first-order chi connectivity index (χ1) is 31.2. The van der Waals surface area contributed by atoms with E-state index in [1.807, 2.05) is 27.7 Å². The minimum absolute atomic E-state index is 0.704. The van der Waals surface area contributed by atoms with Crippen molar-refractivity contribution in [3.05, 3.63) is 203 Å². The zero-order valence-corrected chi connectivity index (χ0v) is 37.9. The third-order valence-electron chi connectivity index (χ3n) is 12.3. The Labute approximate surface area is 375 Å². The summed E-state index contributed by atoms with van der Waals surface area (Å²) in [4.78, 5) is 2.41. The van der Waals surface area contributed by atoms with Crippen molar-refractivity contribution in [2.75, 3.05) is 4.90 Å². The topological polar surface area (TPSA) is 21.3 Å². The van der Waals surface area contributed by atoms with E-state index in [1.54, 1.807) is 5.57 Å². The maximum atomic E-state index is 6.58. The molecule has 0 N–H and O–H groups in total. The minimum atomic E-state index is 0.704. The fourth-order valence-corrected chi connectivity index (χ4v) is 9.34. The third kappa shape index (κ3) is 9.30. The van der Waals surface area contributed by atoms with Crippen molar-refractivity contribution in [2.24, 2.45) is 0 Å². The van der Waals surface area contributed by atoms with Gasteiger partial charge in [0.1, 0.15) is 11.2 Å². The van der Waals surface area contributed by atoms with Gasteiger partial charge in [-0.2, -0.15) is 0 Å². The molecule has 6 aromatic carbocycles. The lowest BCUT2D eigenvalue weighted by atomic mass is 9.86. The van der Waals surface area contributed by atoms with E-state index in [0.29, 0.717) is 6.54 Å². The van der Waals surface area contributed by atoms with E-state index < -0.39 is 0 Å². The highest BCUT2D eigenvalue weighted by Gasteiger charge is 2.24. The van der Waals surface area contributed by atoms with E-state index in [0.717, 1.165) is 40.8 Å². The molecule has 3 aliphatic rings. The van der Waals surface area contributed by atoms with Gasteiger partial charge < -0.3 is 13.9 Å². The van der Waals surface area contributed by atoms with Crippen LogP contribution in [0, 0.1) is 6.92 Å². The number of benzene rings is 6. The van der Waals surface area contributed by atoms with E-state index in [-0.39, 0.29) is 0 Å². The number of nitrogens with zero attached hydrogens (tertiary/aromatic N) is 2. The van der Waals surface area contributed by atoms with Gasteiger partial charge in [-0.25, -0.2) is 0 Å². The molecular formula is C60H62N2O. The number of allylic oxidation sites excluding steroid dienone is 7. The Hall–Kier alpha value is -6.58. The van der Waals surface area contributed by atoms with Crippen LogP contribution in [0.2, 0.25) is 0 Å². The molecule has 2 aromatic heterocycles. The number of hydrogen-bond acceptors (Lipinski definition) is 2. The van der Waals surface area contributed by atoms with Gasteiger partial charge in [0.15, 0.2) is 0 Å². The van der Waals surface area contributed by atoms with Crippen molar-refractivity contribution in [3.63, 3.8) is 0 Å². The van der Waals surface area contributed by atoms with Crippen molar-refractivity contribution in [1.82, 2.24) is 4.57 Å². The van der Waals surface area contributed by atoms with E-state index in [4.69, 9.17) is 4.42 Å². The van der Waals surface area contributed by atoms with Crippen molar-refractivity contribution >= 4 is 50.3 Å². The second-order valence-corrected chi connectivity index (χ2v) is 16.2. The molecule has 0 radical (unpaired) electrons. The Balaban J connectivity index is 0.000000493. The standard InChI is InChI=1S/C50H42N2O.C6H8.2C2H6/c1-34-20-27-46-43(30-34)44-31-38(36-14-7-3-8-15-36)23-28-47(44)52(46)42-26-29-48-45(32-42)50-39(16-11-19-49(50)53-48)33-51(40-17-9-4-10-18-40)41-24-21-37(22-25-41)35-12-5-2-6-13-35;1-2-4-6-5-3-1;2*1-2/h2,4-6,9-14,16-22,24-27,29-32H,3,7-8,15,23,28,33H2,1H3;1-4H,5-6H2;2*1-2H3. The van der Waals surface area contributed by atoms with Crippen molar-refractivity contribution in [2.45, 2.75) is 92.5 Å². The monoisotopic (exact) mass is 826 g/mol. The molecule has 2 heterocycles. The number of aryl methyl sites for hydroxylation is 1. The Morgan fingerprint density at radius 3 is 1.98 bits per heavy atom. The number of fused-ring (bicyclic) bond motifs is 6. The molecule has 0 fully saturated rings. The zero-order valence-electron chi connectivity index (χ0n) is 37.9. The fourth-order valence-electron chi connectivity index (χ4n) is 9.34. The summed E-state index contributed by atoms with van der Waals surface area (Å²) >= 11 is 0. The first-order valence-corrected chi connectivity index (χ1v) is 23.5. The largest absolute Gasteiger partial charge is 0.456 e. The summed E-state index contributed by atoms with van der Waals surface area (Å²) in [5.74, 6) is 0. The lowest BCUT2D eigenvalue weighted by molar-refractivity contribution is 0.668. The van der Waals surface area contributed by atoms with Crippen LogP contribution in [0.4, 0.5) is 11.4 Å². The van der Waals surface area contributed by atoms with Crippen LogP contribution in [-0.4, -0.2) is 4.57 Å². The molecule has 8 aromatic rings. The number of hydrogen-bond donors (Lipinski definition) is 0. The molecule has 0 saturated heterocycles. The summed E-state index contributed by atoms with van der Waals surface area (Å²) in [5.41, 5.74) is 17.5. The lowest BCUT2D eigenvalue weighted by Gasteiger charge is -2.26. The van der Waals surface area contributed by atoms with Crippen LogP contribution in [0.25, 0.3) is 55.7 Å². The predicted molar refractivity (Wildman–Crippen MR) is 273 cm³/mol. The average Bonchev–Trinajstić information content (AvgIpc) is 3.91. The molecule has 0 amide bonds. The second kappa shape index (κ2) is 20.5. The fraction of sp³-hybridized carbons (Fsp3) is 0.233. The third-order valence-corrected chi connectivity index (χ3v) is 12.3. The highest BCUT2D eigenvalue weighted by atomic mass is 16.3. The van der Waals surface area contributed by atoms with Crippen molar-refractivity contribution in [3.8, 4) is 16.8 Å². The van der Waals surface area contributed by atoms with Gasteiger partial charge in [-0.3, -0.25) is 0 Å². The van der Waals surface area contributed by atoms with Crippen LogP contribution in [0.1, 0.15) is 95.0 Å². The van der Waals surface area contributed by atoms with Crippen LogP contribution in [-0.2, 0) is 13.0 Å². The molecule has 0 spiro atoms. The molecule has 63 heavy (non-hydrogen) atoms. The predicted octanol–water partition coefficient (Wildman–Crippen LogP) is 17.6. The molecule has 3 nitrogen and oxygen atoms in total. The summed E-state index contributed by atoms with van der Waals surface area (Å²) in [6, 6.07) is 50.5. The number of para-hydroxylation sites is 1. The van der Waals surface area contributed by atoms with E-state index in [1.165, 1.54) is 99.6 Å². The Morgan fingerprint density at radius 1 is 0.571 bits per heavy atom. The molecule has 11 rings (SSSR count). The van der Waals surface area contributed by atoms with Gasteiger partial charge in [0.2, 0.25) is 0 Å². The number of rotatable bonds is 7. The van der Waals surface area contributed by atoms with Gasteiger partial charge in [-0.15, -0.1) is 0 Å². The van der Waals surface area contributed by atoms with Crippen molar-refractivity contribution < 1.29 is 4.42 Å².